The molecule has 0 aromatic heterocycles. The smallest absolute Gasteiger partial charge is 0.268 e. The van der Waals surface area contributed by atoms with E-state index in [0.717, 1.165) is 22.4 Å². The molecule has 0 radical (unpaired) electrons. The van der Waals surface area contributed by atoms with Gasteiger partial charge in [-0.2, -0.15) is 0 Å². The van der Waals surface area contributed by atoms with Crippen LogP contribution in [0.2, 0.25) is 0 Å². The molecule has 3 aromatic rings. The van der Waals surface area contributed by atoms with Crippen molar-refractivity contribution in [1.29, 1.82) is 0 Å². The number of rotatable bonds is 4. The van der Waals surface area contributed by atoms with Crippen LogP contribution in [-0.2, 0) is 16.2 Å². The van der Waals surface area contributed by atoms with E-state index in [1.54, 1.807) is 12.0 Å². The first kappa shape index (κ1) is 21.6. The number of amides is 2. The highest BCUT2D eigenvalue weighted by Crippen LogP contribution is 2.55. The molecule has 3 aromatic carbocycles. The van der Waals surface area contributed by atoms with E-state index in [1.807, 2.05) is 73.3 Å². The Morgan fingerprint density at radius 3 is 2.33 bits per heavy atom. The van der Waals surface area contributed by atoms with Gasteiger partial charge in [-0.1, -0.05) is 47.5 Å². The third-order valence-corrected chi connectivity index (χ3v) is 7.82. The summed E-state index contributed by atoms with van der Waals surface area (Å²) in [6, 6.07) is 21.5. The Hall–Kier alpha value is -3.25. The SMILES string of the molecule is COc1ccc2c(c1)C1(SCCN1C(=O)c1ccc(C)cc1)C(=O)N2Cc1ccc(C)cc1. The van der Waals surface area contributed by atoms with Gasteiger partial charge in [-0.15, -0.1) is 11.8 Å². The third-order valence-electron chi connectivity index (χ3n) is 6.41. The van der Waals surface area contributed by atoms with Crippen molar-refractivity contribution in [2.24, 2.45) is 0 Å². The lowest BCUT2D eigenvalue weighted by atomic mass is 10.0. The summed E-state index contributed by atoms with van der Waals surface area (Å²) in [5, 5.41) is 0. The number of fused-ring (bicyclic) bond motifs is 2. The molecule has 2 aliphatic rings. The van der Waals surface area contributed by atoms with Gasteiger partial charge in [-0.25, -0.2) is 0 Å². The molecule has 5 rings (SSSR count). The minimum Gasteiger partial charge on any atom is -0.497 e. The number of nitrogens with zero attached hydrogens (tertiary/aromatic N) is 2. The fraction of sp³-hybridized carbons (Fsp3) is 0.259. The highest BCUT2D eigenvalue weighted by molar-refractivity contribution is 8.01. The van der Waals surface area contributed by atoms with Crippen molar-refractivity contribution in [2.75, 3.05) is 24.3 Å². The van der Waals surface area contributed by atoms with Gasteiger partial charge in [0.05, 0.1) is 19.3 Å². The van der Waals surface area contributed by atoms with E-state index in [0.29, 0.717) is 30.2 Å². The van der Waals surface area contributed by atoms with Crippen LogP contribution in [0, 0.1) is 13.8 Å². The van der Waals surface area contributed by atoms with Crippen LogP contribution in [0.25, 0.3) is 0 Å². The summed E-state index contributed by atoms with van der Waals surface area (Å²) in [5.74, 6) is 1.17. The largest absolute Gasteiger partial charge is 0.497 e. The summed E-state index contributed by atoms with van der Waals surface area (Å²) in [6.45, 7) is 5.00. The molecule has 0 N–H and O–H groups in total. The average Bonchev–Trinajstić information content (AvgIpc) is 3.37. The van der Waals surface area contributed by atoms with Gasteiger partial charge in [0.1, 0.15) is 5.75 Å². The van der Waals surface area contributed by atoms with Crippen molar-refractivity contribution >= 4 is 29.3 Å². The van der Waals surface area contributed by atoms with Gasteiger partial charge in [0.15, 0.2) is 4.87 Å². The van der Waals surface area contributed by atoms with Crippen LogP contribution in [0.1, 0.15) is 32.6 Å². The lowest BCUT2D eigenvalue weighted by Crippen LogP contribution is -2.50. The molecule has 2 heterocycles. The number of carbonyl (C=O) groups is 2. The van der Waals surface area contributed by atoms with Crippen LogP contribution in [0.4, 0.5) is 5.69 Å². The van der Waals surface area contributed by atoms with Gasteiger partial charge >= 0.3 is 0 Å². The molecule has 2 aliphatic heterocycles. The van der Waals surface area contributed by atoms with Gasteiger partial charge in [0.2, 0.25) is 0 Å². The van der Waals surface area contributed by atoms with Crippen molar-refractivity contribution in [1.82, 2.24) is 4.90 Å². The third kappa shape index (κ3) is 3.49. The molecule has 1 fully saturated rings. The van der Waals surface area contributed by atoms with Gasteiger partial charge in [-0.05, 0) is 49.7 Å². The molecule has 0 saturated carbocycles. The van der Waals surface area contributed by atoms with Crippen LogP contribution >= 0.6 is 11.8 Å². The summed E-state index contributed by atoms with van der Waals surface area (Å²) in [5.41, 5.74) is 5.56. The van der Waals surface area contributed by atoms with E-state index < -0.39 is 4.87 Å². The number of ether oxygens (including phenoxy) is 1. The summed E-state index contributed by atoms with van der Waals surface area (Å²) in [6.07, 6.45) is 0. The maximum atomic E-state index is 14.1. The van der Waals surface area contributed by atoms with Crippen molar-refractivity contribution in [3.05, 3.63) is 94.5 Å². The topological polar surface area (TPSA) is 49.9 Å². The molecule has 1 atom stereocenters. The number of hydrogen-bond donors (Lipinski definition) is 0. The predicted octanol–water partition coefficient (Wildman–Crippen LogP) is 4.90. The molecule has 2 amide bonds. The zero-order valence-corrected chi connectivity index (χ0v) is 19.8. The van der Waals surface area contributed by atoms with Crippen LogP contribution in [0.5, 0.6) is 5.75 Å². The van der Waals surface area contributed by atoms with E-state index >= 15 is 0 Å². The number of anilines is 1. The summed E-state index contributed by atoms with van der Waals surface area (Å²) in [4.78, 5) is 30.2. The highest BCUT2D eigenvalue weighted by Gasteiger charge is 2.59. The Kier molecular flexibility index (Phi) is 5.41. The van der Waals surface area contributed by atoms with E-state index in [9.17, 15) is 9.59 Å². The minimum absolute atomic E-state index is 0.0747. The number of carbonyl (C=O) groups excluding carboxylic acids is 2. The molecule has 6 heteroatoms. The van der Waals surface area contributed by atoms with Gasteiger partial charge in [0, 0.05) is 23.4 Å². The van der Waals surface area contributed by atoms with Crippen molar-refractivity contribution in [3.63, 3.8) is 0 Å². The molecule has 33 heavy (non-hydrogen) atoms. The van der Waals surface area contributed by atoms with Crippen LogP contribution in [-0.4, -0.2) is 36.1 Å². The molecule has 0 bridgehead atoms. The maximum Gasteiger partial charge on any atom is 0.268 e. The molecule has 5 nitrogen and oxygen atoms in total. The molecule has 1 saturated heterocycles. The second-order valence-electron chi connectivity index (χ2n) is 8.58. The van der Waals surface area contributed by atoms with Crippen LogP contribution < -0.4 is 9.64 Å². The van der Waals surface area contributed by atoms with Crippen molar-refractivity contribution in [3.8, 4) is 5.75 Å². The fourth-order valence-electron chi connectivity index (χ4n) is 4.61. The Balaban J connectivity index is 1.60. The average molecular weight is 459 g/mol. The number of hydrogen-bond acceptors (Lipinski definition) is 4. The molecule has 1 unspecified atom stereocenters. The van der Waals surface area contributed by atoms with E-state index in [-0.39, 0.29) is 11.8 Å². The summed E-state index contributed by atoms with van der Waals surface area (Å²) >= 11 is 1.53. The Labute approximate surface area is 198 Å². The Morgan fingerprint density at radius 1 is 1.00 bits per heavy atom. The molecule has 168 valence electrons. The van der Waals surface area contributed by atoms with E-state index in [2.05, 4.69) is 12.1 Å². The summed E-state index contributed by atoms with van der Waals surface area (Å²) < 4.78 is 5.50. The second-order valence-corrected chi connectivity index (χ2v) is 9.86. The second kappa shape index (κ2) is 8.27. The first-order valence-electron chi connectivity index (χ1n) is 11.0. The number of methoxy groups -OCH3 is 1. The monoisotopic (exact) mass is 458 g/mol. The van der Waals surface area contributed by atoms with Gasteiger partial charge < -0.3 is 14.5 Å². The van der Waals surface area contributed by atoms with E-state index in [1.165, 1.54) is 17.3 Å². The Bertz CT molecular complexity index is 1220. The molecule has 1 spiro atoms. The molecule has 0 aliphatic carbocycles. The van der Waals surface area contributed by atoms with Gasteiger partial charge in [-0.3, -0.25) is 9.59 Å². The minimum atomic E-state index is -1.09. The van der Waals surface area contributed by atoms with Gasteiger partial charge in [0.25, 0.3) is 11.8 Å². The maximum absolute atomic E-state index is 14.1. The van der Waals surface area contributed by atoms with Crippen molar-refractivity contribution in [2.45, 2.75) is 25.3 Å². The van der Waals surface area contributed by atoms with E-state index in [4.69, 9.17) is 4.74 Å². The quantitative estimate of drug-likeness (QED) is 0.558. The predicted molar refractivity (Wildman–Crippen MR) is 132 cm³/mol. The zero-order chi connectivity index (χ0) is 23.2. The molecular weight excluding hydrogens is 432 g/mol. The number of aryl methyl sites for hydroxylation is 2. The fourth-order valence-corrected chi connectivity index (χ4v) is 6.06. The standard InChI is InChI=1S/C27H26N2O3S/c1-18-4-8-20(9-5-18)17-28-24-13-12-22(32-3)16-23(24)27(26(28)31)29(14-15-33-27)25(30)21-10-6-19(2)7-11-21/h4-13,16H,14-15,17H2,1-3H3. The molecular formula is C27H26N2O3S. The highest BCUT2D eigenvalue weighted by atomic mass is 32.2. The Morgan fingerprint density at radius 2 is 1.67 bits per heavy atom. The lowest BCUT2D eigenvalue weighted by molar-refractivity contribution is -0.123. The normalized spacial score (nSPS) is 19.3. The zero-order valence-electron chi connectivity index (χ0n) is 19.0. The summed E-state index contributed by atoms with van der Waals surface area (Å²) in [7, 11) is 1.62. The first-order chi connectivity index (χ1) is 15.9. The van der Waals surface area contributed by atoms with Crippen molar-refractivity contribution < 1.29 is 14.3 Å². The number of thioether (sulfide) groups is 1. The first-order valence-corrected chi connectivity index (χ1v) is 12.0. The van der Waals surface area contributed by atoms with Crippen LogP contribution in [0.3, 0.4) is 0 Å². The lowest BCUT2D eigenvalue weighted by Gasteiger charge is -2.33. The van der Waals surface area contributed by atoms with Crippen LogP contribution in [0.15, 0.2) is 66.7 Å². The number of benzene rings is 3.